The molecule has 2 heterocycles. The predicted molar refractivity (Wildman–Crippen MR) is 129 cm³/mol. The molecule has 0 spiro atoms. The van der Waals surface area contributed by atoms with E-state index in [9.17, 15) is 13.6 Å². The van der Waals surface area contributed by atoms with Crippen LogP contribution in [-0.2, 0) is 0 Å². The van der Waals surface area contributed by atoms with Crippen molar-refractivity contribution in [3.63, 3.8) is 0 Å². The van der Waals surface area contributed by atoms with E-state index in [0.29, 0.717) is 5.70 Å². The monoisotopic (exact) mass is 499 g/mol. The number of fused-ring (bicyclic) bond motifs is 1. The number of nitrogens with zero attached hydrogens (tertiary/aromatic N) is 3. The molecule has 0 radical (unpaired) electrons. The summed E-state index contributed by atoms with van der Waals surface area (Å²) < 4.78 is 30.3. The van der Waals surface area contributed by atoms with Crippen LogP contribution in [-0.4, -0.2) is 20.7 Å². The van der Waals surface area contributed by atoms with Crippen molar-refractivity contribution >= 4 is 47.5 Å². The van der Waals surface area contributed by atoms with Crippen molar-refractivity contribution in [2.75, 3.05) is 10.6 Å². The Morgan fingerprint density at radius 3 is 2.41 bits per heavy atom. The normalized spacial score (nSPS) is 14.3. The maximum absolute atomic E-state index is 14.8. The van der Waals surface area contributed by atoms with Gasteiger partial charge in [-0.1, -0.05) is 60.1 Å². The minimum Gasteiger partial charge on any atom is -0.324 e. The van der Waals surface area contributed by atoms with Crippen LogP contribution in [0.2, 0.25) is 5.02 Å². The zero-order valence-electron chi connectivity index (χ0n) is 17.4. The molecule has 0 fully saturated rings. The number of nitrogens with one attached hydrogen (secondary N) is 2. The number of carbonyl (C=O) groups is 1. The third-order valence-electron chi connectivity index (χ3n) is 5.19. The molecule has 1 atom stereocenters. The fourth-order valence-electron chi connectivity index (χ4n) is 3.65. The largest absolute Gasteiger partial charge is 0.324 e. The van der Waals surface area contributed by atoms with Gasteiger partial charge in [-0.05, 0) is 35.9 Å². The average Bonchev–Trinajstić information content (AvgIpc) is 3.22. The Kier molecular flexibility index (Phi) is 6.63. The van der Waals surface area contributed by atoms with Crippen LogP contribution in [0, 0.1) is 11.6 Å². The molecule has 0 saturated carbocycles. The first-order chi connectivity index (χ1) is 16.0. The maximum atomic E-state index is 14.8. The summed E-state index contributed by atoms with van der Waals surface area (Å²) in [6, 6.07) is 18.7. The Balaban J connectivity index is 0.00000274. The first-order valence-electron chi connectivity index (χ1n) is 10.0. The molecule has 172 valence electrons. The molecule has 0 aliphatic carbocycles. The van der Waals surface area contributed by atoms with Gasteiger partial charge in [0.15, 0.2) is 0 Å². The molecular formula is C24H17Cl2F2N5O. The van der Waals surface area contributed by atoms with Crippen molar-refractivity contribution in [2.24, 2.45) is 0 Å². The van der Waals surface area contributed by atoms with Crippen LogP contribution in [0.25, 0.3) is 5.70 Å². The van der Waals surface area contributed by atoms with E-state index in [4.69, 9.17) is 11.6 Å². The predicted octanol–water partition coefficient (Wildman–Crippen LogP) is 5.94. The van der Waals surface area contributed by atoms with Gasteiger partial charge in [-0.25, -0.2) is 13.5 Å². The fraction of sp³-hybridized carbons (Fsp3) is 0.0417. The summed E-state index contributed by atoms with van der Waals surface area (Å²) in [7, 11) is 0. The van der Waals surface area contributed by atoms with Crippen molar-refractivity contribution in [3.8, 4) is 0 Å². The summed E-state index contributed by atoms with van der Waals surface area (Å²) in [5.74, 6) is -1.67. The molecule has 3 aromatic carbocycles. The molecule has 34 heavy (non-hydrogen) atoms. The lowest BCUT2D eigenvalue weighted by Gasteiger charge is -2.25. The number of benzene rings is 3. The molecule has 4 aromatic rings. The Bertz CT molecular complexity index is 1370. The van der Waals surface area contributed by atoms with Crippen LogP contribution in [0.4, 0.5) is 20.7 Å². The Morgan fingerprint density at radius 2 is 1.68 bits per heavy atom. The molecule has 1 aliphatic heterocycles. The molecule has 1 aromatic heterocycles. The second-order valence-corrected chi connectivity index (χ2v) is 7.70. The van der Waals surface area contributed by atoms with Crippen molar-refractivity contribution in [2.45, 2.75) is 6.04 Å². The second kappa shape index (κ2) is 9.62. The number of halogens is 4. The molecule has 6 nitrogen and oxygen atoms in total. The van der Waals surface area contributed by atoms with E-state index >= 15 is 0 Å². The number of amides is 1. The van der Waals surface area contributed by atoms with Gasteiger partial charge in [-0.3, -0.25) is 10.1 Å². The molecule has 1 amide bonds. The van der Waals surface area contributed by atoms with E-state index in [1.807, 2.05) is 30.3 Å². The first-order valence-corrected chi connectivity index (χ1v) is 10.4. The van der Waals surface area contributed by atoms with Gasteiger partial charge in [0.1, 0.15) is 17.7 Å². The minimum absolute atomic E-state index is 0. The average molecular weight is 500 g/mol. The summed E-state index contributed by atoms with van der Waals surface area (Å²) in [5, 5.41) is 10.2. The zero-order chi connectivity index (χ0) is 22.9. The van der Waals surface area contributed by atoms with Gasteiger partial charge < -0.3 is 5.32 Å². The van der Waals surface area contributed by atoms with Gasteiger partial charge in [0, 0.05) is 16.3 Å². The number of rotatable bonds is 4. The van der Waals surface area contributed by atoms with E-state index in [2.05, 4.69) is 20.7 Å². The number of anilines is 2. The number of carbonyl (C=O) groups excluding carboxylic acids is 1. The third kappa shape index (κ3) is 4.37. The Hall–Kier alpha value is -3.75. The number of allylic oxidation sites excluding steroid dienone is 1. The quantitative estimate of drug-likeness (QED) is 0.364. The lowest BCUT2D eigenvalue weighted by molar-refractivity contribution is 0.102. The highest BCUT2D eigenvalue weighted by Gasteiger charge is 2.29. The molecule has 10 heteroatoms. The van der Waals surface area contributed by atoms with Crippen LogP contribution >= 0.6 is 24.0 Å². The van der Waals surface area contributed by atoms with Gasteiger partial charge in [-0.2, -0.15) is 4.98 Å². The SMILES string of the molecule is Cl.O=C(Nc1nc2n(n1)C(c1c(F)cccc1Cl)C=C(c1ccccc1)N2)c1ccccc1F. The van der Waals surface area contributed by atoms with Crippen LogP contribution in [0.5, 0.6) is 0 Å². The summed E-state index contributed by atoms with van der Waals surface area (Å²) in [6.07, 6.45) is 1.78. The van der Waals surface area contributed by atoms with Gasteiger partial charge in [0.05, 0.1) is 5.56 Å². The molecule has 1 aliphatic rings. The minimum atomic E-state index is -0.739. The summed E-state index contributed by atoms with van der Waals surface area (Å²) in [4.78, 5) is 16.9. The lowest BCUT2D eigenvalue weighted by atomic mass is 10.0. The van der Waals surface area contributed by atoms with E-state index in [1.54, 1.807) is 18.2 Å². The molecule has 1 unspecified atom stereocenters. The molecule has 0 bridgehead atoms. The Labute approximate surface area is 204 Å². The first kappa shape index (κ1) is 23.4. The highest BCUT2D eigenvalue weighted by Crippen LogP contribution is 2.37. The van der Waals surface area contributed by atoms with Gasteiger partial charge >= 0.3 is 0 Å². The number of hydrogen-bond acceptors (Lipinski definition) is 4. The Morgan fingerprint density at radius 1 is 0.971 bits per heavy atom. The van der Waals surface area contributed by atoms with Crippen LogP contribution in [0.3, 0.4) is 0 Å². The van der Waals surface area contributed by atoms with E-state index in [0.717, 1.165) is 5.56 Å². The van der Waals surface area contributed by atoms with Gasteiger partial charge in [0.25, 0.3) is 11.9 Å². The lowest BCUT2D eigenvalue weighted by Crippen LogP contribution is -2.21. The van der Waals surface area contributed by atoms with E-state index in [1.165, 1.54) is 35.0 Å². The van der Waals surface area contributed by atoms with Crippen molar-refractivity contribution < 1.29 is 13.6 Å². The zero-order valence-corrected chi connectivity index (χ0v) is 18.9. The van der Waals surface area contributed by atoms with Gasteiger partial charge in [-0.15, -0.1) is 17.5 Å². The second-order valence-electron chi connectivity index (χ2n) is 7.29. The number of aromatic nitrogens is 3. The van der Waals surface area contributed by atoms with Gasteiger partial charge in [0.2, 0.25) is 5.95 Å². The van der Waals surface area contributed by atoms with Crippen molar-refractivity contribution in [1.82, 2.24) is 14.8 Å². The summed E-state index contributed by atoms with van der Waals surface area (Å²) >= 11 is 6.35. The fourth-order valence-corrected chi connectivity index (χ4v) is 3.92. The van der Waals surface area contributed by atoms with Crippen molar-refractivity contribution in [1.29, 1.82) is 0 Å². The van der Waals surface area contributed by atoms with Crippen molar-refractivity contribution in [3.05, 3.63) is 112 Å². The molecule has 2 N–H and O–H groups in total. The van der Waals surface area contributed by atoms with Crippen LogP contribution in [0.15, 0.2) is 78.9 Å². The maximum Gasteiger partial charge on any atom is 0.261 e. The highest BCUT2D eigenvalue weighted by molar-refractivity contribution is 6.31. The number of hydrogen-bond donors (Lipinski definition) is 2. The summed E-state index contributed by atoms with van der Waals surface area (Å²) in [5.41, 5.74) is 1.59. The smallest absolute Gasteiger partial charge is 0.261 e. The standard InChI is InChI=1S/C24H16ClF2N5O.ClH/c25-16-10-6-12-18(27)21(16)20-13-19(14-7-2-1-3-8-14)28-24-30-23(31-32(20)24)29-22(33)15-9-4-5-11-17(15)26;/h1-13,20H,(H2,28,29,30,31,33);1H. The topological polar surface area (TPSA) is 71.8 Å². The van der Waals surface area contributed by atoms with E-state index < -0.39 is 23.6 Å². The summed E-state index contributed by atoms with van der Waals surface area (Å²) in [6.45, 7) is 0. The molecule has 5 rings (SSSR count). The molecule has 0 saturated heterocycles. The van der Waals surface area contributed by atoms with Crippen LogP contribution in [0.1, 0.15) is 27.5 Å². The third-order valence-corrected chi connectivity index (χ3v) is 5.52. The van der Waals surface area contributed by atoms with E-state index in [-0.39, 0.29) is 40.5 Å². The molecular weight excluding hydrogens is 483 g/mol. The highest BCUT2D eigenvalue weighted by atomic mass is 35.5. The van der Waals surface area contributed by atoms with Crippen LogP contribution < -0.4 is 10.6 Å².